The molecule has 1 saturated heterocycles. The van der Waals surface area contributed by atoms with Crippen molar-refractivity contribution in [2.75, 3.05) is 46.9 Å². The van der Waals surface area contributed by atoms with Crippen molar-refractivity contribution < 1.29 is 9.53 Å². The van der Waals surface area contributed by atoms with Crippen LogP contribution in [0.25, 0.3) is 0 Å². The second-order valence-electron chi connectivity index (χ2n) is 6.75. The van der Waals surface area contributed by atoms with Gasteiger partial charge in [0, 0.05) is 59.7 Å². The highest BCUT2D eigenvalue weighted by atomic mass is 16.5. The Hall–Kier alpha value is -1.60. The molecule has 7 nitrogen and oxygen atoms in total. The Bertz CT molecular complexity index is 524. The third-order valence-corrected chi connectivity index (χ3v) is 4.71. The van der Waals surface area contributed by atoms with Crippen LogP contribution in [0.15, 0.2) is 12.3 Å². The van der Waals surface area contributed by atoms with Gasteiger partial charge in [-0.1, -0.05) is 0 Å². The molecule has 2 aliphatic rings. The number of carbonyl (C=O) groups excluding carboxylic acids is 1. The van der Waals surface area contributed by atoms with Crippen LogP contribution < -0.4 is 5.32 Å². The number of hydrogen-bond acceptors (Lipinski definition) is 4. The number of hydrogen-bond donors (Lipinski definition) is 1. The number of amides is 2. The summed E-state index contributed by atoms with van der Waals surface area (Å²) in [5, 5.41) is 7.43. The summed E-state index contributed by atoms with van der Waals surface area (Å²) in [4.78, 5) is 15.9. The van der Waals surface area contributed by atoms with Crippen molar-refractivity contribution in [1.82, 2.24) is 24.9 Å². The minimum atomic E-state index is -0.0553. The SMILES string of the molecule is CN(C)C(=O)NC[C@@H]1CN(CC2CCOCC2)Cc2ccnn21. The molecule has 2 amide bonds. The molecule has 0 aliphatic carbocycles. The highest BCUT2D eigenvalue weighted by Gasteiger charge is 2.28. The molecular formula is C16H27N5O2. The lowest BCUT2D eigenvalue weighted by Crippen LogP contribution is -2.46. The minimum Gasteiger partial charge on any atom is -0.381 e. The van der Waals surface area contributed by atoms with Crippen LogP contribution >= 0.6 is 0 Å². The van der Waals surface area contributed by atoms with Crippen LogP contribution in [-0.2, 0) is 11.3 Å². The van der Waals surface area contributed by atoms with Gasteiger partial charge < -0.3 is 15.0 Å². The third kappa shape index (κ3) is 4.03. The largest absolute Gasteiger partial charge is 0.381 e. The number of carbonyl (C=O) groups is 1. The molecule has 2 aliphatic heterocycles. The molecule has 0 unspecified atom stereocenters. The lowest BCUT2D eigenvalue weighted by atomic mass is 9.99. The quantitative estimate of drug-likeness (QED) is 0.896. The summed E-state index contributed by atoms with van der Waals surface area (Å²) < 4.78 is 7.52. The first kappa shape index (κ1) is 16.3. The van der Waals surface area contributed by atoms with Crippen LogP contribution in [0.5, 0.6) is 0 Å². The summed E-state index contributed by atoms with van der Waals surface area (Å²) in [7, 11) is 3.51. The zero-order valence-electron chi connectivity index (χ0n) is 14.1. The zero-order valence-corrected chi connectivity index (χ0v) is 14.1. The van der Waals surface area contributed by atoms with E-state index in [0.717, 1.165) is 51.6 Å². The number of rotatable bonds is 4. The number of urea groups is 1. The van der Waals surface area contributed by atoms with Crippen LogP contribution in [0.3, 0.4) is 0 Å². The van der Waals surface area contributed by atoms with E-state index in [1.54, 1.807) is 19.0 Å². The predicted octanol–water partition coefficient (Wildman–Crippen LogP) is 0.938. The smallest absolute Gasteiger partial charge is 0.316 e. The fourth-order valence-corrected chi connectivity index (χ4v) is 3.41. The van der Waals surface area contributed by atoms with Gasteiger partial charge in [0.1, 0.15) is 0 Å². The van der Waals surface area contributed by atoms with E-state index >= 15 is 0 Å². The zero-order chi connectivity index (χ0) is 16.2. The Morgan fingerprint density at radius 1 is 1.43 bits per heavy atom. The lowest BCUT2D eigenvalue weighted by Gasteiger charge is -2.36. The second-order valence-corrected chi connectivity index (χ2v) is 6.75. The van der Waals surface area contributed by atoms with Gasteiger partial charge >= 0.3 is 6.03 Å². The summed E-state index contributed by atoms with van der Waals surface area (Å²) in [5.41, 5.74) is 1.23. The molecule has 0 aromatic carbocycles. The highest BCUT2D eigenvalue weighted by Crippen LogP contribution is 2.23. The molecule has 7 heteroatoms. The van der Waals surface area contributed by atoms with E-state index in [9.17, 15) is 4.79 Å². The lowest BCUT2D eigenvalue weighted by molar-refractivity contribution is 0.0448. The van der Waals surface area contributed by atoms with Crippen molar-refractivity contribution in [2.24, 2.45) is 5.92 Å². The predicted molar refractivity (Wildman–Crippen MR) is 87.2 cm³/mol. The van der Waals surface area contributed by atoms with Crippen molar-refractivity contribution in [1.29, 1.82) is 0 Å². The molecule has 1 fully saturated rings. The minimum absolute atomic E-state index is 0.0553. The Labute approximate surface area is 137 Å². The summed E-state index contributed by atoms with van der Waals surface area (Å²) in [6.45, 7) is 5.36. The van der Waals surface area contributed by atoms with Crippen molar-refractivity contribution in [3.63, 3.8) is 0 Å². The Morgan fingerprint density at radius 3 is 2.96 bits per heavy atom. The third-order valence-electron chi connectivity index (χ3n) is 4.71. The molecule has 128 valence electrons. The van der Waals surface area contributed by atoms with Gasteiger partial charge in [0.25, 0.3) is 0 Å². The van der Waals surface area contributed by atoms with E-state index in [-0.39, 0.29) is 12.1 Å². The molecule has 1 aromatic heterocycles. The first-order valence-electron chi connectivity index (χ1n) is 8.41. The summed E-state index contributed by atoms with van der Waals surface area (Å²) in [6, 6.07) is 2.22. The van der Waals surface area contributed by atoms with E-state index in [2.05, 4.69) is 26.1 Å². The van der Waals surface area contributed by atoms with E-state index < -0.39 is 0 Å². The van der Waals surface area contributed by atoms with E-state index in [1.807, 2.05) is 6.20 Å². The van der Waals surface area contributed by atoms with Crippen LogP contribution in [0, 0.1) is 5.92 Å². The maximum atomic E-state index is 11.8. The molecule has 23 heavy (non-hydrogen) atoms. The van der Waals surface area contributed by atoms with E-state index in [0.29, 0.717) is 6.54 Å². The van der Waals surface area contributed by atoms with Gasteiger partial charge in [0.05, 0.1) is 11.7 Å². The Morgan fingerprint density at radius 2 is 2.22 bits per heavy atom. The van der Waals surface area contributed by atoms with Crippen molar-refractivity contribution >= 4 is 6.03 Å². The standard InChI is InChI=1S/C16H27N5O2/c1-19(2)16(22)17-9-15-12-20(10-13-4-7-23-8-5-13)11-14-3-6-18-21(14)15/h3,6,13,15H,4-5,7-12H2,1-2H3,(H,17,22)/t15-/m1/s1. The highest BCUT2D eigenvalue weighted by molar-refractivity contribution is 5.73. The average molecular weight is 321 g/mol. The van der Waals surface area contributed by atoms with Crippen molar-refractivity contribution in [3.05, 3.63) is 18.0 Å². The second kappa shape index (κ2) is 7.31. The van der Waals surface area contributed by atoms with Crippen LogP contribution in [-0.4, -0.2) is 72.6 Å². The molecule has 1 aromatic rings. The fraction of sp³-hybridized carbons (Fsp3) is 0.750. The van der Waals surface area contributed by atoms with Crippen molar-refractivity contribution in [2.45, 2.75) is 25.4 Å². The van der Waals surface area contributed by atoms with Crippen LogP contribution in [0.2, 0.25) is 0 Å². The topological polar surface area (TPSA) is 62.6 Å². The number of fused-ring (bicyclic) bond motifs is 1. The summed E-state index contributed by atoms with van der Waals surface area (Å²) in [6.07, 6.45) is 4.16. The molecule has 1 atom stereocenters. The fourth-order valence-electron chi connectivity index (χ4n) is 3.41. The van der Waals surface area contributed by atoms with Gasteiger partial charge in [-0.05, 0) is 24.8 Å². The first-order valence-corrected chi connectivity index (χ1v) is 8.41. The Balaban J connectivity index is 1.61. The van der Waals surface area contributed by atoms with Gasteiger partial charge in [0.15, 0.2) is 0 Å². The maximum absolute atomic E-state index is 11.8. The number of nitrogens with zero attached hydrogens (tertiary/aromatic N) is 4. The molecule has 0 bridgehead atoms. The molecule has 3 heterocycles. The van der Waals surface area contributed by atoms with Gasteiger partial charge in [-0.3, -0.25) is 9.58 Å². The van der Waals surface area contributed by atoms with Gasteiger partial charge in [-0.25, -0.2) is 4.79 Å². The summed E-state index contributed by atoms with van der Waals surface area (Å²) in [5.74, 6) is 0.718. The molecular weight excluding hydrogens is 294 g/mol. The van der Waals surface area contributed by atoms with Gasteiger partial charge in [-0.15, -0.1) is 0 Å². The van der Waals surface area contributed by atoms with E-state index in [4.69, 9.17) is 4.74 Å². The normalized spacial score (nSPS) is 22.6. The van der Waals surface area contributed by atoms with Gasteiger partial charge in [-0.2, -0.15) is 5.10 Å². The molecule has 0 radical (unpaired) electrons. The number of aromatic nitrogens is 2. The van der Waals surface area contributed by atoms with E-state index in [1.165, 1.54) is 5.69 Å². The van der Waals surface area contributed by atoms with Crippen molar-refractivity contribution in [3.8, 4) is 0 Å². The molecule has 0 saturated carbocycles. The first-order chi connectivity index (χ1) is 11.1. The summed E-state index contributed by atoms with van der Waals surface area (Å²) >= 11 is 0. The van der Waals surface area contributed by atoms with Crippen LogP contribution in [0.4, 0.5) is 4.79 Å². The Kier molecular flexibility index (Phi) is 5.17. The number of ether oxygens (including phenoxy) is 1. The van der Waals surface area contributed by atoms with Crippen LogP contribution in [0.1, 0.15) is 24.6 Å². The molecule has 0 spiro atoms. The monoisotopic (exact) mass is 321 g/mol. The van der Waals surface area contributed by atoms with Gasteiger partial charge in [0.2, 0.25) is 0 Å². The molecule has 3 rings (SSSR count). The average Bonchev–Trinajstić information content (AvgIpc) is 3.01. The maximum Gasteiger partial charge on any atom is 0.316 e. The number of nitrogens with one attached hydrogen (secondary N) is 1. The molecule has 1 N–H and O–H groups in total.